The highest BCUT2D eigenvalue weighted by molar-refractivity contribution is 5.49. The molecule has 23 heavy (non-hydrogen) atoms. The maximum Gasteiger partial charge on any atom is 0.134 e. The van der Waals surface area contributed by atoms with E-state index in [1.165, 1.54) is 12.8 Å². The molecule has 1 aromatic heterocycles. The maximum absolute atomic E-state index is 5.48. The number of nitrogens with zero attached hydrogens (tertiary/aromatic N) is 4. The van der Waals surface area contributed by atoms with Gasteiger partial charge in [0.25, 0.3) is 0 Å². The molecule has 0 bridgehead atoms. The van der Waals surface area contributed by atoms with Crippen LogP contribution in [0.1, 0.15) is 26.7 Å². The van der Waals surface area contributed by atoms with Crippen molar-refractivity contribution in [3.8, 4) is 0 Å². The molecule has 3 heterocycles. The number of morpholine rings is 1. The minimum absolute atomic E-state index is 0.504. The average molecular weight is 319 g/mol. The first-order valence-electron chi connectivity index (χ1n) is 8.86. The topological polar surface area (TPSA) is 53.5 Å². The summed E-state index contributed by atoms with van der Waals surface area (Å²) in [7, 11) is 0. The van der Waals surface area contributed by atoms with E-state index in [4.69, 9.17) is 4.74 Å². The lowest BCUT2D eigenvalue weighted by atomic mass is 10.0. The van der Waals surface area contributed by atoms with Crippen LogP contribution in [-0.4, -0.2) is 66.8 Å². The van der Waals surface area contributed by atoms with Gasteiger partial charge in [-0.15, -0.1) is 0 Å². The zero-order valence-corrected chi connectivity index (χ0v) is 14.4. The Morgan fingerprint density at radius 2 is 1.87 bits per heavy atom. The second-order valence-electron chi connectivity index (χ2n) is 6.80. The van der Waals surface area contributed by atoms with Crippen molar-refractivity contribution >= 4 is 11.6 Å². The minimum atomic E-state index is 0.504. The van der Waals surface area contributed by atoms with Gasteiger partial charge in [0.15, 0.2) is 0 Å². The molecule has 2 aliphatic rings. The summed E-state index contributed by atoms with van der Waals surface area (Å²) in [5.74, 6) is 2.58. The van der Waals surface area contributed by atoms with Crippen LogP contribution in [-0.2, 0) is 4.74 Å². The quantitative estimate of drug-likeness (QED) is 0.863. The summed E-state index contributed by atoms with van der Waals surface area (Å²) in [5, 5.41) is 3.53. The molecular weight excluding hydrogens is 290 g/mol. The fraction of sp³-hybridized carbons (Fsp3) is 0.765. The summed E-state index contributed by atoms with van der Waals surface area (Å²) in [4.78, 5) is 13.7. The third-order valence-electron chi connectivity index (χ3n) is 4.86. The van der Waals surface area contributed by atoms with E-state index in [9.17, 15) is 0 Å². The third-order valence-corrected chi connectivity index (χ3v) is 4.86. The van der Waals surface area contributed by atoms with Gasteiger partial charge in [-0.25, -0.2) is 9.97 Å². The first-order valence-corrected chi connectivity index (χ1v) is 8.86. The second-order valence-corrected chi connectivity index (χ2v) is 6.80. The molecule has 128 valence electrons. The molecule has 6 heteroatoms. The molecule has 0 amide bonds. The lowest BCUT2D eigenvalue weighted by Crippen LogP contribution is -2.49. The van der Waals surface area contributed by atoms with Gasteiger partial charge in [0.1, 0.15) is 18.0 Å². The second kappa shape index (κ2) is 7.93. The fourth-order valence-electron chi connectivity index (χ4n) is 3.47. The molecule has 0 aliphatic carbocycles. The normalized spacial score (nSPS) is 20.9. The lowest BCUT2D eigenvalue weighted by molar-refractivity contribution is 0.00953. The van der Waals surface area contributed by atoms with Gasteiger partial charge in [-0.2, -0.15) is 0 Å². The fourth-order valence-corrected chi connectivity index (χ4v) is 3.47. The van der Waals surface area contributed by atoms with Crippen molar-refractivity contribution in [2.24, 2.45) is 5.92 Å². The first-order chi connectivity index (χ1) is 11.2. The molecule has 0 radical (unpaired) electrons. The van der Waals surface area contributed by atoms with E-state index in [1.807, 2.05) is 0 Å². The first kappa shape index (κ1) is 16.5. The van der Waals surface area contributed by atoms with E-state index in [2.05, 4.69) is 45.0 Å². The van der Waals surface area contributed by atoms with Gasteiger partial charge in [-0.1, -0.05) is 13.8 Å². The predicted octanol–water partition coefficient (Wildman–Crippen LogP) is 1.85. The van der Waals surface area contributed by atoms with Crippen molar-refractivity contribution in [3.63, 3.8) is 0 Å². The minimum Gasteiger partial charge on any atom is -0.379 e. The van der Waals surface area contributed by atoms with Crippen LogP contribution in [0.3, 0.4) is 0 Å². The summed E-state index contributed by atoms with van der Waals surface area (Å²) < 4.78 is 5.48. The van der Waals surface area contributed by atoms with Crippen LogP contribution in [0.4, 0.5) is 11.6 Å². The molecule has 0 spiro atoms. The summed E-state index contributed by atoms with van der Waals surface area (Å²) in [5.41, 5.74) is 0. The van der Waals surface area contributed by atoms with Crippen molar-refractivity contribution in [2.45, 2.75) is 32.7 Å². The zero-order chi connectivity index (χ0) is 16.1. The number of ether oxygens (including phenoxy) is 1. The number of anilines is 2. The Hall–Kier alpha value is -1.40. The van der Waals surface area contributed by atoms with Gasteiger partial charge < -0.3 is 15.0 Å². The van der Waals surface area contributed by atoms with E-state index in [0.717, 1.165) is 57.6 Å². The smallest absolute Gasteiger partial charge is 0.134 e. The van der Waals surface area contributed by atoms with E-state index >= 15 is 0 Å². The van der Waals surface area contributed by atoms with Crippen molar-refractivity contribution < 1.29 is 4.74 Å². The Kier molecular flexibility index (Phi) is 5.67. The van der Waals surface area contributed by atoms with Crippen molar-refractivity contribution in [1.82, 2.24) is 14.9 Å². The Labute approximate surface area is 139 Å². The van der Waals surface area contributed by atoms with Gasteiger partial charge in [-0.05, 0) is 18.8 Å². The highest BCUT2D eigenvalue weighted by atomic mass is 16.5. The molecule has 6 nitrogen and oxygen atoms in total. The Morgan fingerprint density at radius 3 is 2.57 bits per heavy atom. The van der Waals surface area contributed by atoms with E-state index in [0.29, 0.717) is 12.0 Å². The molecule has 3 rings (SSSR count). The number of nitrogens with one attached hydrogen (secondary N) is 1. The zero-order valence-electron chi connectivity index (χ0n) is 14.4. The number of hydrogen-bond donors (Lipinski definition) is 1. The number of rotatable bonds is 6. The lowest BCUT2D eigenvalue weighted by Gasteiger charge is -2.37. The SMILES string of the molecule is CC(C)C(CNc1cc(N2CCCC2)ncn1)N1CCOCC1. The molecule has 1 aromatic rings. The van der Waals surface area contributed by atoms with Crippen LogP contribution in [0.25, 0.3) is 0 Å². The largest absolute Gasteiger partial charge is 0.379 e. The van der Waals surface area contributed by atoms with E-state index in [1.54, 1.807) is 6.33 Å². The van der Waals surface area contributed by atoms with Crippen molar-refractivity contribution in [1.29, 1.82) is 0 Å². The van der Waals surface area contributed by atoms with Gasteiger partial charge in [-0.3, -0.25) is 4.90 Å². The van der Waals surface area contributed by atoms with Crippen LogP contribution in [0.5, 0.6) is 0 Å². The number of aromatic nitrogens is 2. The molecule has 1 atom stereocenters. The summed E-state index contributed by atoms with van der Waals surface area (Å²) in [6.07, 6.45) is 4.20. The highest BCUT2D eigenvalue weighted by Gasteiger charge is 2.23. The molecule has 0 saturated carbocycles. The predicted molar refractivity (Wildman–Crippen MR) is 93.0 cm³/mol. The molecule has 1 N–H and O–H groups in total. The summed E-state index contributed by atoms with van der Waals surface area (Å²) >= 11 is 0. The van der Waals surface area contributed by atoms with Crippen LogP contribution >= 0.6 is 0 Å². The summed E-state index contributed by atoms with van der Waals surface area (Å²) in [6.45, 7) is 11.4. The van der Waals surface area contributed by atoms with Crippen molar-refractivity contribution in [2.75, 3.05) is 56.2 Å². The Bertz CT molecular complexity index is 484. The number of hydrogen-bond acceptors (Lipinski definition) is 6. The standard InChI is InChI=1S/C17H29N5O/c1-14(2)15(21-7-9-23-10-8-21)12-18-16-11-17(20-13-19-16)22-5-3-4-6-22/h11,13-15H,3-10,12H2,1-2H3,(H,18,19,20). The van der Waals surface area contributed by atoms with E-state index in [-0.39, 0.29) is 0 Å². The summed E-state index contributed by atoms with van der Waals surface area (Å²) in [6, 6.07) is 2.59. The Balaban J connectivity index is 1.60. The molecule has 0 aromatic carbocycles. The van der Waals surface area contributed by atoms with Gasteiger partial charge in [0.05, 0.1) is 13.2 Å². The molecular formula is C17H29N5O. The average Bonchev–Trinajstić information content (AvgIpc) is 3.11. The van der Waals surface area contributed by atoms with Gasteiger partial charge in [0, 0.05) is 44.8 Å². The maximum atomic E-state index is 5.48. The van der Waals surface area contributed by atoms with Gasteiger partial charge >= 0.3 is 0 Å². The molecule has 2 aliphatic heterocycles. The highest BCUT2D eigenvalue weighted by Crippen LogP contribution is 2.20. The van der Waals surface area contributed by atoms with Gasteiger partial charge in [0.2, 0.25) is 0 Å². The van der Waals surface area contributed by atoms with Crippen LogP contribution in [0, 0.1) is 5.92 Å². The molecule has 2 fully saturated rings. The van der Waals surface area contributed by atoms with E-state index < -0.39 is 0 Å². The monoisotopic (exact) mass is 319 g/mol. The van der Waals surface area contributed by atoms with Crippen LogP contribution in [0.2, 0.25) is 0 Å². The Morgan fingerprint density at radius 1 is 1.13 bits per heavy atom. The molecule has 1 unspecified atom stereocenters. The van der Waals surface area contributed by atoms with Crippen LogP contribution in [0.15, 0.2) is 12.4 Å². The van der Waals surface area contributed by atoms with Crippen molar-refractivity contribution in [3.05, 3.63) is 12.4 Å². The molecule has 2 saturated heterocycles. The third kappa shape index (κ3) is 4.32. The van der Waals surface area contributed by atoms with Crippen LogP contribution < -0.4 is 10.2 Å².